The van der Waals surface area contributed by atoms with E-state index in [0.29, 0.717) is 33.2 Å². The van der Waals surface area contributed by atoms with Gasteiger partial charge in [-0.05, 0) is 64.8 Å². The maximum absolute atomic E-state index is 12.2. The van der Waals surface area contributed by atoms with Crippen LogP contribution in [0.2, 0.25) is 5.02 Å². The van der Waals surface area contributed by atoms with Crippen molar-refractivity contribution in [3.8, 4) is 11.5 Å². The van der Waals surface area contributed by atoms with Gasteiger partial charge in [0.25, 0.3) is 0 Å². The number of nitrogens with zero attached hydrogens (tertiary/aromatic N) is 1. The Bertz CT molecular complexity index is 924. The quantitative estimate of drug-likeness (QED) is 0.496. The average molecular weight is 437 g/mol. The Balaban J connectivity index is 1.98. The smallest absolute Gasteiger partial charge is 0.363 e. The van der Waals surface area contributed by atoms with Gasteiger partial charge < -0.3 is 14.2 Å². The van der Waals surface area contributed by atoms with Crippen molar-refractivity contribution in [2.75, 3.05) is 13.7 Å². The minimum Gasteiger partial charge on any atom is -0.492 e. The average Bonchev–Trinajstić information content (AvgIpc) is 2.96. The van der Waals surface area contributed by atoms with Crippen LogP contribution in [-0.2, 0) is 9.53 Å². The lowest BCUT2D eigenvalue weighted by molar-refractivity contribution is -0.129. The van der Waals surface area contributed by atoms with Crippen LogP contribution in [0.3, 0.4) is 0 Å². The van der Waals surface area contributed by atoms with Crippen LogP contribution in [0, 0.1) is 0 Å². The number of rotatable bonds is 5. The molecule has 5 nitrogen and oxygen atoms in total. The summed E-state index contributed by atoms with van der Waals surface area (Å²) in [7, 11) is 1.57. The van der Waals surface area contributed by atoms with Crippen molar-refractivity contribution >= 4 is 45.5 Å². The van der Waals surface area contributed by atoms with E-state index in [0.717, 1.165) is 5.56 Å². The van der Waals surface area contributed by atoms with E-state index >= 15 is 0 Å². The van der Waals surface area contributed by atoms with Crippen molar-refractivity contribution in [1.82, 2.24) is 0 Å². The summed E-state index contributed by atoms with van der Waals surface area (Å²) >= 11 is 9.43. The largest absolute Gasteiger partial charge is 0.492 e. The van der Waals surface area contributed by atoms with Crippen LogP contribution in [-0.4, -0.2) is 25.6 Å². The summed E-state index contributed by atoms with van der Waals surface area (Å²) in [5.41, 5.74) is 1.56. The van der Waals surface area contributed by atoms with Crippen molar-refractivity contribution in [1.29, 1.82) is 0 Å². The molecular weight excluding hydrogens is 422 g/mol. The summed E-state index contributed by atoms with van der Waals surface area (Å²) in [6.07, 6.45) is 1.63. The predicted molar refractivity (Wildman–Crippen MR) is 104 cm³/mol. The Morgan fingerprint density at radius 3 is 2.81 bits per heavy atom. The van der Waals surface area contributed by atoms with Crippen LogP contribution in [0.4, 0.5) is 0 Å². The number of hydrogen-bond acceptors (Lipinski definition) is 5. The van der Waals surface area contributed by atoms with Gasteiger partial charge in [0.2, 0.25) is 5.90 Å². The van der Waals surface area contributed by atoms with Gasteiger partial charge >= 0.3 is 5.97 Å². The Morgan fingerprint density at radius 1 is 1.31 bits per heavy atom. The molecule has 2 aromatic carbocycles. The molecule has 0 aromatic heterocycles. The van der Waals surface area contributed by atoms with E-state index in [2.05, 4.69) is 20.9 Å². The van der Waals surface area contributed by atoms with Crippen molar-refractivity contribution in [3.05, 3.63) is 62.7 Å². The first kappa shape index (κ1) is 18.5. The molecule has 0 bridgehead atoms. The van der Waals surface area contributed by atoms with Gasteiger partial charge in [0, 0.05) is 10.6 Å². The van der Waals surface area contributed by atoms with Gasteiger partial charge in [0.15, 0.2) is 17.2 Å². The maximum atomic E-state index is 12.2. The zero-order valence-electron chi connectivity index (χ0n) is 14.1. The molecule has 0 fully saturated rings. The summed E-state index contributed by atoms with van der Waals surface area (Å²) < 4.78 is 16.9. The van der Waals surface area contributed by atoms with E-state index in [-0.39, 0.29) is 11.6 Å². The van der Waals surface area contributed by atoms with Gasteiger partial charge in [0.05, 0.1) is 18.2 Å². The molecule has 1 heterocycles. The lowest BCUT2D eigenvalue weighted by Gasteiger charge is -2.12. The molecule has 0 unspecified atom stereocenters. The Labute approximate surface area is 164 Å². The number of ether oxygens (including phenoxy) is 3. The zero-order chi connectivity index (χ0) is 18.7. The lowest BCUT2D eigenvalue weighted by atomic mass is 10.1. The molecule has 26 heavy (non-hydrogen) atoms. The highest BCUT2D eigenvalue weighted by molar-refractivity contribution is 9.10. The van der Waals surface area contributed by atoms with Gasteiger partial charge in [-0.3, -0.25) is 0 Å². The fourth-order valence-corrected chi connectivity index (χ4v) is 3.26. The van der Waals surface area contributed by atoms with Crippen molar-refractivity contribution in [2.24, 2.45) is 4.99 Å². The highest BCUT2D eigenvalue weighted by Crippen LogP contribution is 2.37. The zero-order valence-corrected chi connectivity index (χ0v) is 16.4. The first-order chi connectivity index (χ1) is 12.5. The Kier molecular flexibility index (Phi) is 5.64. The molecule has 1 aliphatic heterocycles. The molecule has 0 saturated carbocycles. The molecule has 7 heteroatoms. The summed E-state index contributed by atoms with van der Waals surface area (Å²) in [6.45, 7) is 2.37. The third-order valence-corrected chi connectivity index (χ3v) is 4.36. The summed E-state index contributed by atoms with van der Waals surface area (Å²) in [5, 5.41) is 0.541. The van der Waals surface area contributed by atoms with E-state index in [4.69, 9.17) is 25.8 Å². The van der Waals surface area contributed by atoms with Gasteiger partial charge in [-0.25, -0.2) is 9.79 Å². The first-order valence-electron chi connectivity index (χ1n) is 7.80. The molecule has 0 N–H and O–H groups in total. The van der Waals surface area contributed by atoms with Gasteiger partial charge in [0.1, 0.15) is 0 Å². The lowest BCUT2D eigenvalue weighted by Crippen LogP contribution is -2.05. The van der Waals surface area contributed by atoms with Crippen molar-refractivity contribution < 1.29 is 19.0 Å². The SMILES string of the molecule is CCOc1cc(/C=C2/N=C(c3cccc(Cl)c3)OC2=O)cc(Br)c1OC. The minimum absolute atomic E-state index is 0.194. The van der Waals surface area contributed by atoms with Crippen molar-refractivity contribution in [3.63, 3.8) is 0 Å². The third kappa shape index (κ3) is 3.92. The number of hydrogen-bond donors (Lipinski definition) is 0. The van der Waals surface area contributed by atoms with E-state index in [1.807, 2.05) is 13.0 Å². The van der Waals surface area contributed by atoms with E-state index in [9.17, 15) is 4.79 Å². The number of carbonyl (C=O) groups excluding carboxylic acids is 1. The fraction of sp³-hybridized carbons (Fsp3) is 0.158. The topological polar surface area (TPSA) is 57.1 Å². The van der Waals surface area contributed by atoms with E-state index in [1.54, 1.807) is 43.5 Å². The third-order valence-electron chi connectivity index (χ3n) is 3.53. The predicted octanol–water partition coefficient (Wildman–Crippen LogP) is 4.85. The standard InChI is InChI=1S/C19H15BrClNO4/c1-3-25-16-9-11(7-14(20)17(16)24-2)8-15-19(23)26-18(22-15)12-5-4-6-13(21)10-12/h4-10H,3H2,1-2H3/b15-8+. The van der Waals surface area contributed by atoms with Crippen LogP contribution >= 0.6 is 27.5 Å². The van der Waals surface area contributed by atoms with Crippen LogP contribution in [0.15, 0.2) is 51.6 Å². The highest BCUT2D eigenvalue weighted by atomic mass is 79.9. The minimum atomic E-state index is -0.523. The summed E-state index contributed by atoms with van der Waals surface area (Å²) in [6, 6.07) is 10.6. The molecule has 134 valence electrons. The fourth-order valence-electron chi connectivity index (χ4n) is 2.44. The first-order valence-corrected chi connectivity index (χ1v) is 8.97. The monoisotopic (exact) mass is 435 g/mol. The number of halogens is 2. The second-order valence-electron chi connectivity index (χ2n) is 5.31. The number of methoxy groups -OCH3 is 1. The van der Waals surface area contributed by atoms with E-state index < -0.39 is 5.97 Å². The second-order valence-corrected chi connectivity index (χ2v) is 6.60. The van der Waals surface area contributed by atoms with Gasteiger partial charge in [-0.2, -0.15) is 0 Å². The number of aliphatic imine (C=N–C) groups is 1. The van der Waals surface area contributed by atoms with Crippen LogP contribution < -0.4 is 9.47 Å². The number of benzene rings is 2. The molecule has 0 saturated heterocycles. The molecule has 2 aromatic rings. The van der Waals surface area contributed by atoms with Crippen LogP contribution in [0.5, 0.6) is 11.5 Å². The molecular formula is C19H15BrClNO4. The summed E-state index contributed by atoms with van der Waals surface area (Å²) in [4.78, 5) is 16.4. The normalized spacial score (nSPS) is 15.0. The second kappa shape index (κ2) is 7.93. The van der Waals surface area contributed by atoms with Gasteiger partial charge in [-0.1, -0.05) is 17.7 Å². The van der Waals surface area contributed by atoms with Crippen LogP contribution in [0.1, 0.15) is 18.1 Å². The van der Waals surface area contributed by atoms with E-state index in [1.165, 1.54) is 0 Å². The number of carbonyl (C=O) groups is 1. The molecule has 0 atom stereocenters. The number of cyclic esters (lactones) is 1. The molecule has 0 spiro atoms. The highest BCUT2D eigenvalue weighted by Gasteiger charge is 2.24. The molecule has 0 radical (unpaired) electrons. The van der Waals surface area contributed by atoms with Crippen molar-refractivity contribution in [2.45, 2.75) is 6.92 Å². The Hall–Kier alpha value is -2.31. The maximum Gasteiger partial charge on any atom is 0.363 e. The summed E-state index contributed by atoms with van der Waals surface area (Å²) in [5.74, 6) is 0.860. The number of esters is 1. The van der Waals surface area contributed by atoms with Crippen LogP contribution in [0.25, 0.3) is 6.08 Å². The molecule has 1 aliphatic rings. The molecule has 0 amide bonds. The molecule has 0 aliphatic carbocycles. The molecule has 3 rings (SSSR count). The van der Waals surface area contributed by atoms with Gasteiger partial charge in [-0.15, -0.1) is 0 Å². The Morgan fingerprint density at radius 2 is 2.12 bits per heavy atom.